The van der Waals surface area contributed by atoms with E-state index in [1.165, 1.54) is 0 Å². The average molecular weight is 198 g/mol. The standard InChI is InChI=1S/C7H10F4N2/c8-6(9)7(10,11)4-13-3-1-2-5(13)12/h6,12H,1-4H2. The Balaban J connectivity index is 2.52. The SMILES string of the molecule is N=C1CCCN1CC(F)(F)C(F)F. The number of rotatable bonds is 3. The zero-order valence-electron chi connectivity index (χ0n) is 6.86. The Kier molecular flexibility index (Phi) is 2.77. The van der Waals surface area contributed by atoms with Crippen LogP contribution in [0.3, 0.4) is 0 Å². The van der Waals surface area contributed by atoms with E-state index in [0.29, 0.717) is 12.8 Å². The summed E-state index contributed by atoms with van der Waals surface area (Å²) in [5.74, 6) is -3.98. The van der Waals surface area contributed by atoms with Crippen LogP contribution in [0.5, 0.6) is 0 Å². The van der Waals surface area contributed by atoms with Crippen molar-refractivity contribution in [2.75, 3.05) is 13.1 Å². The first-order chi connectivity index (χ1) is 5.93. The molecular weight excluding hydrogens is 188 g/mol. The Morgan fingerprint density at radius 2 is 2.08 bits per heavy atom. The Labute approximate surface area is 73.0 Å². The summed E-state index contributed by atoms with van der Waals surface area (Å²) in [4.78, 5) is 1.01. The van der Waals surface area contributed by atoms with E-state index in [2.05, 4.69) is 0 Å². The normalized spacial score (nSPS) is 18.8. The van der Waals surface area contributed by atoms with E-state index in [1.807, 2.05) is 0 Å². The number of alkyl halides is 4. The van der Waals surface area contributed by atoms with Crippen molar-refractivity contribution in [3.63, 3.8) is 0 Å². The molecule has 1 N–H and O–H groups in total. The summed E-state index contributed by atoms with van der Waals surface area (Å²) in [5.41, 5.74) is 0. The number of amidine groups is 1. The lowest BCUT2D eigenvalue weighted by atomic mass is 10.3. The summed E-state index contributed by atoms with van der Waals surface area (Å²) >= 11 is 0. The first kappa shape index (κ1) is 10.3. The van der Waals surface area contributed by atoms with Crippen LogP contribution < -0.4 is 0 Å². The molecule has 0 saturated carbocycles. The summed E-state index contributed by atoms with van der Waals surface area (Å²) in [7, 11) is 0. The fraction of sp³-hybridized carbons (Fsp3) is 0.857. The first-order valence-corrected chi connectivity index (χ1v) is 3.92. The molecule has 1 heterocycles. The number of halogens is 4. The molecule has 13 heavy (non-hydrogen) atoms. The van der Waals surface area contributed by atoms with Crippen LogP contribution in [0.1, 0.15) is 12.8 Å². The van der Waals surface area contributed by atoms with E-state index >= 15 is 0 Å². The van der Waals surface area contributed by atoms with E-state index in [0.717, 1.165) is 4.90 Å². The van der Waals surface area contributed by atoms with Gasteiger partial charge in [0.2, 0.25) is 0 Å². The number of likely N-dealkylation sites (tertiary alicyclic amines) is 1. The molecule has 0 radical (unpaired) electrons. The van der Waals surface area contributed by atoms with E-state index in [9.17, 15) is 17.6 Å². The minimum absolute atomic E-state index is 0.0281. The summed E-state index contributed by atoms with van der Waals surface area (Å²) < 4.78 is 48.5. The largest absolute Gasteiger partial charge is 0.354 e. The van der Waals surface area contributed by atoms with Crippen LogP contribution in [0.4, 0.5) is 17.6 Å². The number of nitrogens with one attached hydrogen (secondary N) is 1. The lowest BCUT2D eigenvalue weighted by molar-refractivity contribution is -0.134. The second-order valence-electron chi connectivity index (χ2n) is 3.03. The molecule has 0 aliphatic carbocycles. The van der Waals surface area contributed by atoms with Gasteiger partial charge in [0, 0.05) is 13.0 Å². The van der Waals surface area contributed by atoms with Crippen LogP contribution >= 0.6 is 0 Å². The quantitative estimate of drug-likeness (QED) is 0.689. The van der Waals surface area contributed by atoms with Gasteiger partial charge in [0.15, 0.2) is 0 Å². The Morgan fingerprint density at radius 1 is 1.46 bits per heavy atom. The number of hydrogen-bond donors (Lipinski definition) is 1. The third-order valence-electron chi connectivity index (χ3n) is 1.94. The van der Waals surface area contributed by atoms with Gasteiger partial charge < -0.3 is 4.90 Å². The topological polar surface area (TPSA) is 27.1 Å². The molecule has 1 fully saturated rings. The summed E-state index contributed by atoms with van der Waals surface area (Å²) in [6, 6.07) is 0. The molecule has 0 atom stereocenters. The molecule has 0 aromatic rings. The van der Waals surface area contributed by atoms with Crippen LogP contribution in [0.2, 0.25) is 0 Å². The third kappa shape index (κ3) is 2.32. The summed E-state index contributed by atoms with van der Waals surface area (Å²) in [5, 5.41) is 7.17. The van der Waals surface area contributed by atoms with Crippen LogP contribution in [-0.4, -0.2) is 36.2 Å². The molecule has 76 valence electrons. The maximum Gasteiger partial charge on any atom is 0.324 e. The molecule has 0 spiro atoms. The average Bonchev–Trinajstić information content (AvgIpc) is 2.35. The summed E-state index contributed by atoms with van der Waals surface area (Å²) in [6.45, 7) is -0.759. The molecule has 6 heteroatoms. The van der Waals surface area contributed by atoms with Gasteiger partial charge in [-0.3, -0.25) is 5.41 Å². The van der Waals surface area contributed by atoms with Crippen molar-refractivity contribution in [1.82, 2.24) is 4.90 Å². The van der Waals surface area contributed by atoms with Gasteiger partial charge in [-0.15, -0.1) is 0 Å². The highest BCUT2D eigenvalue weighted by atomic mass is 19.3. The minimum atomic E-state index is -4.00. The molecule has 1 aliphatic rings. The third-order valence-corrected chi connectivity index (χ3v) is 1.94. The van der Waals surface area contributed by atoms with Gasteiger partial charge in [0.25, 0.3) is 0 Å². The molecule has 1 rings (SSSR count). The lowest BCUT2D eigenvalue weighted by Gasteiger charge is -2.23. The van der Waals surface area contributed by atoms with Gasteiger partial charge in [0.05, 0.1) is 12.4 Å². The highest BCUT2D eigenvalue weighted by Gasteiger charge is 2.43. The monoisotopic (exact) mass is 198 g/mol. The van der Waals surface area contributed by atoms with Crippen molar-refractivity contribution in [2.45, 2.75) is 25.2 Å². The number of hydrogen-bond acceptors (Lipinski definition) is 1. The van der Waals surface area contributed by atoms with Crippen LogP contribution in [0.15, 0.2) is 0 Å². The fourth-order valence-corrected chi connectivity index (χ4v) is 1.23. The van der Waals surface area contributed by atoms with Gasteiger partial charge in [-0.2, -0.15) is 8.78 Å². The predicted octanol–water partition coefficient (Wildman–Crippen LogP) is 1.96. The Hall–Kier alpha value is -0.810. The van der Waals surface area contributed by atoms with Crippen LogP contribution in [0, 0.1) is 5.41 Å². The molecule has 0 unspecified atom stereocenters. The molecule has 0 amide bonds. The molecule has 0 aromatic heterocycles. The maximum atomic E-state index is 12.5. The summed E-state index contributed by atoms with van der Waals surface area (Å²) in [6.07, 6.45) is -2.65. The molecule has 1 aliphatic heterocycles. The zero-order chi connectivity index (χ0) is 10.1. The Morgan fingerprint density at radius 3 is 2.46 bits per heavy atom. The van der Waals surface area contributed by atoms with E-state index in [4.69, 9.17) is 5.41 Å². The van der Waals surface area contributed by atoms with Gasteiger partial charge in [-0.05, 0) is 6.42 Å². The van der Waals surface area contributed by atoms with Crippen LogP contribution in [-0.2, 0) is 0 Å². The van der Waals surface area contributed by atoms with Gasteiger partial charge in [-0.1, -0.05) is 0 Å². The van der Waals surface area contributed by atoms with Crippen molar-refractivity contribution in [3.05, 3.63) is 0 Å². The van der Waals surface area contributed by atoms with E-state index in [1.54, 1.807) is 0 Å². The van der Waals surface area contributed by atoms with Crippen molar-refractivity contribution in [3.8, 4) is 0 Å². The van der Waals surface area contributed by atoms with Crippen LogP contribution in [0.25, 0.3) is 0 Å². The molecular formula is C7H10F4N2. The molecule has 2 nitrogen and oxygen atoms in total. The van der Waals surface area contributed by atoms with Crippen molar-refractivity contribution >= 4 is 5.84 Å². The van der Waals surface area contributed by atoms with Gasteiger partial charge >= 0.3 is 12.3 Å². The van der Waals surface area contributed by atoms with Gasteiger partial charge in [-0.25, -0.2) is 8.78 Å². The second-order valence-corrected chi connectivity index (χ2v) is 3.03. The Bertz CT molecular complexity index is 205. The van der Waals surface area contributed by atoms with E-state index in [-0.39, 0.29) is 12.4 Å². The number of nitrogens with zero attached hydrogens (tertiary/aromatic N) is 1. The molecule has 1 saturated heterocycles. The predicted molar refractivity (Wildman–Crippen MR) is 39.5 cm³/mol. The lowest BCUT2D eigenvalue weighted by Crippen LogP contribution is -2.42. The van der Waals surface area contributed by atoms with Crippen molar-refractivity contribution in [1.29, 1.82) is 5.41 Å². The molecule has 0 bridgehead atoms. The van der Waals surface area contributed by atoms with Gasteiger partial charge in [0.1, 0.15) is 0 Å². The first-order valence-electron chi connectivity index (χ1n) is 3.92. The fourth-order valence-electron chi connectivity index (χ4n) is 1.23. The maximum absolute atomic E-state index is 12.5. The second kappa shape index (κ2) is 3.51. The smallest absolute Gasteiger partial charge is 0.324 e. The van der Waals surface area contributed by atoms with Crippen molar-refractivity contribution in [2.24, 2.45) is 0 Å². The van der Waals surface area contributed by atoms with Crippen molar-refractivity contribution < 1.29 is 17.6 Å². The molecule has 0 aromatic carbocycles. The minimum Gasteiger partial charge on any atom is -0.354 e. The highest BCUT2D eigenvalue weighted by molar-refractivity contribution is 5.80. The zero-order valence-corrected chi connectivity index (χ0v) is 6.86. The highest BCUT2D eigenvalue weighted by Crippen LogP contribution is 2.25. The van der Waals surface area contributed by atoms with E-state index < -0.39 is 18.9 Å².